The molecule has 0 heterocycles. The van der Waals surface area contributed by atoms with E-state index >= 15 is 0 Å². The summed E-state index contributed by atoms with van der Waals surface area (Å²) in [4.78, 5) is 39.1. The Morgan fingerprint density at radius 2 is 1.53 bits per heavy atom. The van der Waals surface area contributed by atoms with Gasteiger partial charge in [-0.05, 0) is 36.4 Å². The fraction of sp³-hybridized carbons (Fsp3) is 0.125. The topological polar surface area (TPSA) is 75.7 Å². The number of nitrogens with one attached hydrogen (secondary N) is 1. The minimum atomic E-state index is -4.76. The molecule has 0 aliphatic rings. The van der Waals surface area contributed by atoms with Crippen LogP contribution in [0.1, 0.15) is 26.3 Å². The number of nitrogens with zero attached hydrogens (tertiary/aromatic N) is 1. The number of ether oxygens (including phenoxy) is 1. The van der Waals surface area contributed by atoms with Crippen molar-refractivity contribution >= 4 is 40.8 Å². The summed E-state index contributed by atoms with van der Waals surface area (Å²) in [5.41, 5.74) is -1.26. The highest BCUT2D eigenvalue weighted by molar-refractivity contribution is 6.34. The fourth-order valence-corrected chi connectivity index (χ4v) is 3.29. The molecular weight excluding hydrogens is 473 g/mol. The molecule has 2 amide bonds. The number of halogens is 4. The number of rotatable bonds is 6. The van der Waals surface area contributed by atoms with E-state index in [1.165, 1.54) is 36.2 Å². The van der Waals surface area contributed by atoms with E-state index in [1.807, 2.05) is 5.32 Å². The summed E-state index contributed by atoms with van der Waals surface area (Å²) in [5, 5.41) is 1.70. The van der Waals surface area contributed by atoms with E-state index in [2.05, 4.69) is 0 Å². The first kappa shape index (κ1) is 24.8. The first-order valence-electron chi connectivity index (χ1n) is 9.84. The molecule has 10 heteroatoms. The predicted molar refractivity (Wildman–Crippen MR) is 121 cm³/mol. The Morgan fingerprint density at radius 3 is 2.18 bits per heavy atom. The van der Waals surface area contributed by atoms with Gasteiger partial charge in [0.05, 0.1) is 27.4 Å². The molecule has 0 bridgehead atoms. The van der Waals surface area contributed by atoms with Gasteiger partial charge in [-0.25, -0.2) is 4.79 Å². The molecule has 0 aliphatic carbocycles. The number of hydrogen-bond acceptors (Lipinski definition) is 4. The highest BCUT2D eigenvalue weighted by atomic mass is 35.5. The number of benzene rings is 3. The average Bonchev–Trinajstić information content (AvgIpc) is 2.82. The SMILES string of the molecule is CN(C(=O)c1ccccc1C(=O)OCC(=O)Nc1c(Cl)cccc1C(F)(F)F)c1ccccc1. The molecular formula is C24H18ClF3N2O4. The van der Waals surface area contributed by atoms with Gasteiger partial charge in [-0.2, -0.15) is 13.2 Å². The molecule has 0 radical (unpaired) electrons. The lowest BCUT2D eigenvalue weighted by Crippen LogP contribution is -2.29. The van der Waals surface area contributed by atoms with Crippen LogP contribution in [0.25, 0.3) is 0 Å². The van der Waals surface area contributed by atoms with Gasteiger partial charge >= 0.3 is 12.1 Å². The van der Waals surface area contributed by atoms with Crippen molar-refractivity contribution in [1.29, 1.82) is 0 Å². The van der Waals surface area contributed by atoms with Crippen molar-refractivity contribution in [2.75, 3.05) is 23.9 Å². The van der Waals surface area contributed by atoms with Gasteiger partial charge in [-0.3, -0.25) is 9.59 Å². The monoisotopic (exact) mass is 490 g/mol. The normalized spacial score (nSPS) is 11.0. The van der Waals surface area contributed by atoms with E-state index in [-0.39, 0.29) is 16.1 Å². The summed E-state index contributed by atoms with van der Waals surface area (Å²) < 4.78 is 44.5. The number of para-hydroxylation sites is 2. The molecule has 0 saturated heterocycles. The van der Waals surface area contributed by atoms with Crippen molar-refractivity contribution in [3.8, 4) is 0 Å². The van der Waals surface area contributed by atoms with Gasteiger partial charge < -0.3 is 15.0 Å². The molecule has 0 aliphatic heterocycles. The standard InChI is InChI=1S/C24H18ClF3N2O4/c1-30(15-8-3-2-4-9-15)22(32)16-10-5-6-11-17(16)23(33)34-14-20(31)29-21-18(24(26,27)28)12-7-13-19(21)25/h2-13H,14H2,1H3,(H,29,31). The summed E-state index contributed by atoms with van der Waals surface area (Å²) in [6, 6.07) is 17.6. The molecule has 3 aromatic rings. The third kappa shape index (κ3) is 5.74. The van der Waals surface area contributed by atoms with Crippen LogP contribution in [0, 0.1) is 0 Å². The molecule has 0 atom stereocenters. The Morgan fingerprint density at radius 1 is 0.912 bits per heavy atom. The van der Waals surface area contributed by atoms with Crippen LogP contribution >= 0.6 is 11.6 Å². The Bertz CT molecular complexity index is 1220. The van der Waals surface area contributed by atoms with Gasteiger partial charge in [0.1, 0.15) is 0 Å². The lowest BCUT2D eigenvalue weighted by molar-refractivity contribution is -0.137. The van der Waals surface area contributed by atoms with Gasteiger partial charge in [0.25, 0.3) is 11.8 Å². The number of amides is 2. The second kappa shape index (κ2) is 10.4. The van der Waals surface area contributed by atoms with Crippen LogP contribution in [0.15, 0.2) is 72.8 Å². The number of hydrogen-bond donors (Lipinski definition) is 1. The van der Waals surface area contributed by atoms with Crippen molar-refractivity contribution in [2.24, 2.45) is 0 Å². The van der Waals surface area contributed by atoms with E-state index in [0.717, 1.165) is 12.1 Å². The molecule has 0 saturated carbocycles. The zero-order valence-electron chi connectivity index (χ0n) is 17.7. The molecule has 0 fully saturated rings. The maximum atomic E-state index is 13.2. The van der Waals surface area contributed by atoms with E-state index in [0.29, 0.717) is 5.69 Å². The number of anilines is 2. The molecule has 3 rings (SSSR count). The van der Waals surface area contributed by atoms with Gasteiger partial charge in [0.15, 0.2) is 6.61 Å². The Kier molecular flexibility index (Phi) is 7.57. The molecule has 0 unspecified atom stereocenters. The summed E-state index contributed by atoms with van der Waals surface area (Å²) >= 11 is 5.81. The maximum absolute atomic E-state index is 13.2. The molecule has 3 aromatic carbocycles. The van der Waals surface area contributed by atoms with Crippen molar-refractivity contribution in [3.63, 3.8) is 0 Å². The molecule has 1 N–H and O–H groups in total. The molecule has 34 heavy (non-hydrogen) atoms. The first-order chi connectivity index (χ1) is 16.1. The second-order valence-electron chi connectivity index (χ2n) is 7.03. The zero-order valence-corrected chi connectivity index (χ0v) is 18.5. The number of carbonyl (C=O) groups excluding carboxylic acids is 3. The van der Waals surface area contributed by atoms with Crippen molar-refractivity contribution in [1.82, 2.24) is 0 Å². The van der Waals surface area contributed by atoms with Gasteiger partial charge in [-0.1, -0.05) is 48.0 Å². The molecule has 176 valence electrons. The van der Waals surface area contributed by atoms with Crippen LogP contribution in [-0.2, 0) is 15.7 Å². The molecule has 0 spiro atoms. The summed E-state index contributed by atoms with van der Waals surface area (Å²) in [5.74, 6) is -2.51. The highest BCUT2D eigenvalue weighted by Crippen LogP contribution is 2.38. The second-order valence-corrected chi connectivity index (χ2v) is 7.44. The molecule has 0 aromatic heterocycles. The quantitative estimate of drug-likeness (QED) is 0.467. The summed E-state index contributed by atoms with van der Waals surface area (Å²) in [6.07, 6.45) is -4.76. The highest BCUT2D eigenvalue weighted by Gasteiger charge is 2.35. The Labute approximate surface area is 197 Å². The van der Waals surface area contributed by atoms with Crippen molar-refractivity contribution < 1.29 is 32.3 Å². The lowest BCUT2D eigenvalue weighted by atomic mass is 10.1. The lowest BCUT2D eigenvalue weighted by Gasteiger charge is -2.19. The molecule has 6 nitrogen and oxygen atoms in total. The first-order valence-corrected chi connectivity index (χ1v) is 10.2. The van der Waals surface area contributed by atoms with Crippen molar-refractivity contribution in [3.05, 3.63) is 94.5 Å². The van der Waals surface area contributed by atoms with Gasteiger partial charge in [0.2, 0.25) is 0 Å². The largest absolute Gasteiger partial charge is 0.452 e. The number of esters is 1. The van der Waals surface area contributed by atoms with E-state index in [9.17, 15) is 27.6 Å². The van der Waals surface area contributed by atoms with Crippen LogP contribution in [0.2, 0.25) is 5.02 Å². The van der Waals surface area contributed by atoms with Crippen LogP contribution in [0.3, 0.4) is 0 Å². The predicted octanol–water partition coefficient (Wildman–Crippen LogP) is 5.43. The third-order valence-electron chi connectivity index (χ3n) is 4.74. The van der Waals surface area contributed by atoms with Crippen LogP contribution in [0.5, 0.6) is 0 Å². The van der Waals surface area contributed by atoms with Gasteiger partial charge in [0, 0.05) is 12.7 Å². The van der Waals surface area contributed by atoms with Crippen molar-refractivity contribution in [2.45, 2.75) is 6.18 Å². The summed E-state index contributed by atoms with van der Waals surface area (Å²) in [7, 11) is 1.54. The van der Waals surface area contributed by atoms with Crippen LogP contribution in [-0.4, -0.2) is 31.4 Å². The smallest absolute Gasteiger partial charge is 0.418 e. The number of carbonyl (C=O) groups is 3. The summed E-state index contributed by atoms with van der Waals surface area (Å²) in [6.45, 7) is -0.890. The van der Waals surface area contributed by atoms with E-state index in [1.54, 1.807) is 36.4 Å². The Balaban J connectivity index is 1.72. The van der Waals surface area contributed by atoms with Crippen LogP contribution < -0.4 is 10.2 Å². The minimum absolute atomic E-state index is 0.0322. The fourth-order valence-electron chi connectivity index (χ4n) is 3.07. The third-order valence-corrected chi connectivity index (χ3v) is 5.06. The average molecular weight is 491 g/mol. The van der Waals surface area contributed by atoms with Crippen LogP contribution in [0.4, 0.5) is 24.5 Å². The number of alkyl halides is 3. The maximum Gasteiger partial charge on any atom is 0.418 e. The minimum Gasteiger partial charge on any atom is -0.452 e. The Hall–Kier alpha value is -3.85. The van der Waals surface area contributed by atoms with E-state index < -0.39 is 41.8 Å². The van der Waals surface area contributed by atoms with E-state index in [4.69, 9.17) is 16.3 Å². The van der Waals surface area contributed by atoms with Gasteiger partial charge in [-0.15, -0.1) is 0 Å². The zero-order chi connectivity index (χ0) is 24.9.